The van der Waals surface area contributed by atoms with Crippen LogP contribution in [0.25, 0.3) is 0 Å². The number of ether oxygens (including phenoxy) is 1. The topological polar surface area (TPSA) is 29.5 Å². The Kier molecular flexibility index (Phi) is 2.69. The van der Waals surface area contributed by atoms with E-state index < -0.39 is 0 Å². The molecule has 1 heterocycles. The predicted octanol–water partition coefficient (Wildman–Crippen LogP) is 1.04. The molecule has 0 spiro atoms. The zero-order chi connectivity index (χ0) is 7.56. The van der Waals surface area contributed by atoms with Crippen molar-refractivity contribution in [2.75, 3.05) is 13.2 Å². The van der Waals surface area contributed by atoms with Crippen LogP contribution in [0.4, 0.5) is 0 Å². The van der Waals surface area contributed by atoms with Crippen LogP contribution in [0.1, 0.15) is 20.3 Å². The van der Waals surface area contributed by atoms with Crippen LogP contribution >= 0.6 is 0 Å². The maximum Gasteiger partial charge on any atom is 0.0550 e. The van der Waals surface area contributed by atoms with Crippen LogP contribution in [0, 0.1) is 11.8 Å². The maximum atomic E-state index is 8.92. The summed E-state index contributed by atoms with van der Waals surface area (Å²) in [7, 11) is 0. The minimum Gasteiger partial charge on any atom is -0.396 e. The van der Waals surface area contributed by atoms with Crippen molar-refractivity contribution in [3.63, 3.8) is 0 Å². The molecule has 10 heavy (non-hydrogen) atoms. The van der Waals surface area contributed by atoms with E-state index in [4.69, 9.17) is 9.84 Å². The smallest absolute Gasteiger partial charge is 0.0550 e. The molecule has 0 radical (unpaired) electrons. The van der Waals surface area contributed by atoms with Gasteiger partial charge in [0, 0.05) is 13.2 Å². The van der Waals surface area contributed by atoms with E-state index in [2.05, 4.69) is 13.8 Å². The zero-order valence-electron chi connectivity index (χ0n) is 6.71. The van der Waals surface area contributed by atoms with Crippen molar-refractivity contribution in [3.8, 4) is 0 Å². The summed E-state index contributed by atoms with van der Waals surface area (Å²) in [6.45, 7) is 5.32. The molecule has 60 valence electrons. The first-order valence-corrected chi connectivity index (χ1v) is 3.96. The molecule has 1 N–H and O–H groups in total. The van der Waals surface area contributed by atoms with Crippen molar-refractivity contribution in [3.05, 3.63) is 0 Å². The van der Waals surface area contributed by atoms with Gasteiger partial charge in [-0.1, -0.05) is 6.92 Å². The van der Waals surface area contributed by atoms with E-state index in [0.717, 1.165) is 13.0 Å². The number of hydrogen-bond donors (Lipinski definition) is 1. The summed E-state index contributed by atoms with van der Waals surface area (Å²) in [4.78, 5) is 0. The molecular weight excluding hydrogens is 128 g/mol. The van der Waals surface area contributed by atoms with Gasteiger partial charge in [0.05, 0.1) is 6.10 Å². The highest BCUT2D eigenvalue weighted by atomic mass is 16.5. The van der Waals surface area contributed by atoms with Crippen LogP contribution in [0.3, 0.4) is 0 Å². The quantitative estimate of drug-likeness (QED) is 0.596. The van der Waals surface area contributed by atoms with E-state index in [1.807, 2.05) is 0 Å². The molecule has 2 nitrogen and oxygen atoms in total. The van der Waals surface area contributed by atoms with Gasteiger partial charge < -0.3 is 9.84 Å². The Labute approximate surface area is 62.2 Å². The third-order valence-electron chi connectivity index (χ3n) is 2.32. The first kappa shape index (κ1) is 8.02. The molecule has 1 rings (SSSR count). The molecule has 0 amide bonds. The predicted molar refractivity (Wildman–Crippen MR) is 39.8 cm³/mol. The minimum atomic E-state index is 0.314. The summed E-state index contributed by atoms with van der Waals surface area (Å²) in [5.41, 5.74) is 0. The van der Waals surface area contributed by atoms with Crippen molar-refractivity contribution < 1.29 is 9.84 Å². The first-order chi connectivity index (χ1) is 4.74. The van der Waals surface area contributed by atoms with Crippen molar-refractivity contribution in [1.29, 1.82) is 0 Å². The minimum absolute atomic E-state index is 0.314. The van der Waals surface area contributed by atoms with E-state index in [0.29, 0.717) is 24.5 Å². The summed E-state index contributed by atoms with van der Waals surface area (Å²) in [6, 6.07) is 0. The van der Waals surface area contributed by atoms with Crippen molar-refractivity contribution in [1.82, 2.24) is 0 Å². The second-order valence-corrected chi connectivity index (χ2v) is 3.30. The van der Waals surface area contributed by atoms with Gasteiger partial charge >= 0.3 is 0 Å². The Hall–Kier alpha value is -0.0800. The summed E-state index contributed by atoms with van der Waals surface area (Å²) < 4.78 is 5.41. The van der Waals surface area contributed by atoms with Gasteiger partial charge in [0.25, 0.3) is 0 Å². The van der Waals surface area contributed by atoms with Gasteiger partial charge in [-0.3, -0.25) is 0 Å². The van der Waals surface area contributed by atoms with Crippen LogP contribution < -0.4 is 0 Å². The lowest BCUT2D eigenvalue weighted by molar-refractivity contribution is -0.0447. The van der Waals surface area contributed by atoms with E-state index >= 15 is 0 Å². The summed E-state index contributed by atoms with van der Waals surface area (Å²) in [6.07, 6.45) is 1.35. The first-order valence-electron chi connectivity index (χ1n) is 3.96. The standard InChI is InChI=1S/C8H16O2/c1-6-5-10-7(2)3-8(6)4-9/h6-9H,3-5H2,1-2H3. The third kappa shape index (κ3) is 1.70. The average Bonchev–Trinajstić information content (AvgIpc) is 1.94. The Morgan fingerprint density at radius 1 is 1.50 bits per heavy atom. The fourth-order valence-corrected chi connectivity index (χ4v) is 1.43. The van der Waals surface area contributed by atoms with Crippen molar-refractivity contribution in [2.24, 2.45) is 11.8 Å². The molecule has 1 fully saturated rings. The highest BCUT2D eigenvalue weighted by Crippen LogP contribution is 2.24. The normalized spacial score (nSPS) is 41.7. The van der Waals surface area contributed by atoms with Gasteiger partial charge in [-0.2, -0.15) is 0 Å². The molecule has 1 aliphatic rings. The lowest BCUT2D eigenvalue weighted by atomic mass is 9.88. The molecule has 3 unspecified atom stereocenters. The molecule has 0 saturated carbocycles. The maximum absolute atomic E-state index is 8.92. The Morgan fingerprint density at radius 2 is 2.20 bits per heavy atom. The van der Waals surface area contributed by atoms with Crippen LogP contribution in [0.5, 0.6) is 0 Å². The Balaban J connectivity index is 2.38. The van der Waals surface area contributed by atoms with Gasteiger partial charge in [0.1, 0.15) is 0 Å². The molecule has 0 aromatic rings. The van der Waals surface area contributed by atoms with Crippen LogP contribution in [0.2, 0.25) is 0 Å². The molecule has 2 heteroatoms. The van der Waals surface area contributed by atoms with Crippen molar-refractivity contribution in [2.45, 2.75) is 26.4 Å². The Bertz CT molecular complexity index is 103. The van der Waals surface area contributed by atoms with Gasteiger partial charge in [-0.15, -0.1) is 0 Å². The molecule has 3 atom stereocenters. The largest absolute Gasteiger partial charge is 0.396 e. The lowest BCUT2D eigenvalue weighted by Gasteiger charge is -2.31. The molecule has 0 aromatic carbocycles. The number of aliphatic hydroxyl groups is 1. The van der Waals surface area contributed by atoms with Crippen LogP contribution in [-0.4, -0.2) is 24.4 Å². The second kappa shape index (κ2) is 3.35. The van der Waals surface area contributed by atoms with Crippen molar-refractivity contribution >= 4 is 0 Å². The lowest BCUT2D eigenvalue weighted by Crippen LogP contribution is -2.32. The van der Waals surface area contributed by atoms with E-state index in [9.17, 15) is 0 Å². The number of aliphatic hydroxyl groups excluding tert-OH is 1. The molecular formula is C8H16O2. The third-order valence-corrected chi connectivity index (χ3v) is 2.32. The Morgan fingerprint density at radius 3 is 2.70 bits per heavy atom. The molecule has 0 aromatic heterocycles. The van der Waals surface area contributed by atoms with Crippen LogP contribution in [-0.2, 0) is 4.74 Å². The van der Waals surface area contributed by atoms with Gasteiger partial charge in [0.15, 0.2) is 0 Å². The highest BCUT2D eigenvalue weighted by molar-refractivity contribution is 4.73. The van der Waals surface area contributed by atoms with Gasteiger partial charge in [-0.25, -0.2) is 0 Å². The molecule has 1 aliphatic heterocycles. The zero-order valence-corrected chi connectivity index (χ0v) is 6.71. The fourth-order valence-electron chi connectivity index (χ4n) is 1.43. The van der Waals surface area contributed by atoms with Gasteiger partial charge in [0.2, 0.25) is 0 Å². The van der Waals surface area contributed by atoms with E-state index in [1.165, 1.54) is 0 Å². The van der Waals surface area contributed by atoms with E-state index in [-0.39, 0.29) is 0 Å². The fraction of sp³-hybridized carbons (Fsp3) is 1.00. The summed E-state index contributed by atoms with van der Waals surface area (Å²) in [5, 5.41) is 8.92. The number of hydrogen-bond acceptors (Lipinski definition) is 2. The van der Waals surface area contributed by atoms with Crippen LogP contribution in [0.15, 0.2) is 0 Å². The summed E-state index contributed by atoms with van der Waals surface area (Å²) >= 11 is 0. The van der Waals surface area contributed by atoms with Gasteiger partial charge in [-0.05, 0) is 25.2 Å². The molecule has 0 bridgehead atoms. The highest BCUT2D eigenvalue weighted by Gasteiger charge is 2.24. The summed E-state index contributed by atoms with van der Waals surface area (Å²) in [5.74, 6) is 0.991. The SMILES string of the molecule is CC1CC(CO)C(C)CO1. The number of rotatable bonds is 1. The van der Waals surface area contributed by atoms with E-state index in [1.54, 1.807) is 0 Å². The monoisotopic (exact) mass is 144 g/mol. The molecule has 0 aliphatic carbocycles. The molecule has 1 saturated heterocycles. The second-order valence-electron chi connectivity index (χ2n) is 3.30. The average molecular weight is 144 g/mol.